The zero-order valence-corrected chi connectivity index (χ0v) is 14.1. The van der Waals surface area contributed by atoms with Crippen LogP contribution in [0.4, 0.5) is 11.4 Å². The number of carbonyl (C=O) groups excluding carboxylic acids is 2. The minimum absolute atomic E-state index is 0.0780. The summed E-state index contributed by atoms with van der Waals surface area (Å²) < 4.78 is 10.3. The van der Waals surface area contributed by atoms with Crippen LogP contribution in [0.15, 0.2) is 28.4 Å². The molecule has 122 valence electrons. The Morgan fingerprint density at radius 1 is 1.26 bits per heavy atom. The number of aryl methyl sites for hydroxylation is 1. The highest BCUT2D eigenvalue weighted by Gasteiger charge is 2.39. The van der Waals surface area contributed by atoms with Gasteiger partial charge in [-0.05, 0) is 28.4 Å². The first-order valence-corrected chi connectivity index (χ1v) is 7.28. The molecule has 1 aromatic carbocycles. The molecule has 0 bridgehead atoms. The van der Waals surface area contributed by atoms with Gasteiger partial charge in [0.15, 0.2) is 5.57 Å². The van der Waals surface area contributed by atoms with Crippen LogP contribution < -0.4 is 5.32 Å². The highest BCUT2D eigenvalue weighted by atomic mass is 79.9. The van der Waals surface area contributed by atoms with Crippen LogP contribution in [-0.2, 0) is 19.1 Å². The van der Waals surface area contributed by atoms with E-state index in [1.54, 1.807) is 6.92 Å². The monoisotopic (exact) mass is 384 g/mol. The van der Waals surface area contributed by atoms with Crippen LogP contribution in [-0.4, -0.2) is 22.6 Å². The molecule has 0 aliphatic carbocycles. The lowest BCUT2D eigenvalue weighted by molar-refractivity contribution is -0.385. The average molecular weight is 385 g/mol. The lowest BCUT2D eigenvalue weighted by Crippen LogP contribution is -2.42. The third-order valence-electron chi connectivity index (χ3n) is 2.96. The maximum Gasteiger partial charge on any atom is 0.350 e. The first kappa shape index (κ1) is 16.9. The van der Waals surface area contributed by atoms with Crippen molar-refractivity contribution in [2.75, 3.05) is 5.32 Å². The zero-order valence-electron chi connectivity index (χ0n) is 12.5. The van der Waals surface area contributed by atoms with E-state index in [1.807, 2.05) is 0 Å². The Morgan fingerprint density at radius 3 is 2.30 bits per heavy atom. The predicted octanol–water partition coefficient (Wildman–Crippen LogP) is 2.80. The number of benzene rings is 1. The lowest BCUT2D eigenvalue weighted by atomic mass is 10.1. The number of anilines is 1. The number of nitrogens with one attached hydrogen (secondary N) is 1. The van der Waals surface area contributed by atoms with E-state index in [2.05, 4.69) is 21.2 Å². The number of rotatable bonds is 3. The molecule has 0 unspecified atom stereocenters. The van der Waals surface area contributed by atoms with Crippen molar-refractivity contribution in [2.24, 2.45) is 0 Å². The molecule has 0 radical (unpaired) electrons. The molecule has 0 atom stereocenters. The Morgan fingerprint density at radius 2 is 1.83 bits per heavy atom. The van der Waals surface area contributed by atoms with E-state index in [4.69, 9.17) is 9.47 Å². The molecule has 1 aliphatic heterocycles. The summed E-state index contributed by atoms with van der Waals surface area (Å²) in [5.74, 6) is -2.93. The SMILES string of the molecule is Cc1cc([N+](=O)[O-])cc(Br)c1NC=C1C(=O)OC(C)(C)OC1=O. The molecular weight excluding hydrogens is 372 g/mol. The first-order valence-electron chi connectivity index (χ1n) is 6.48. The second-order valence-electron chi connectivity index (χ2n) is 5.26. The first-order chi connectivity index (χ1) is 10.6. The van der Waals surface area contributed by atoms with Gasteiger partial charge in [0.05, 0.1) is 10.6 Å². The predicted molar refractivity (Wildman–Crippen MR) is 83.5 cm³/mol. The summed E-state index contributed by atoms with van der Waals surface area (Å²) in [4.78, 5) is 33.9. The van der Waals surface area contributed by atoms with Gasteiger partial charge in [-0.25, -0.2) is 9.59 Å². The quantitative estimate of drug-likeness (QED) is 0.280. The van der Waals surface area contributed by atoms with Gasteiger partial charge in [-0.3, -0.25) is 10.1 Å². The van der Waals surface area contributed by atoms with Gasteiger partial charge >= 0.3 is 11.9 Å². The smallest absolute Gasteiger partial charge is 0.350 e. The van der Waals surface area contributed by atoms with Gasteiger partial charge in [0.2, 0.25) is 0 Å². The molecule has 2 rings (SSSR count). The number of hydrogen-bond acceptors (Lipinski definition) is 7. The number of ether oxygens (including phenoxy) is 2. The van der Waals surface area contributed by atoms with Gasteiger partial charge < -0.3 is 14.8 Å². The fraction of sp³-hybridized carbons (Fsp3) is 0.286. The standard InChI is InChI=1S/C14H13BrN2O6/c1-7-4-8(17(20)21)5-10(15)11(7)16-6-9-12(18)22-14(2,3)23-13(9)19/h4-6,16H,1-3H3. The Kier molecular flexibility index (Phi) is 4.42. The summed E-state index contributed by atoms with van der Waals surface area (Å²) in [5.41, 5.74) is 0.661. The van der Waals surface area contributed by atoms with Crippen molar-refractivity contribution >= 4 is 39.2 Å². The molecule has 1 saturated heterocycles. The van der Waals surface area contributed by atoms with Crippen LogP contribution >= 0.6 is 15.9 Å². The maximum atomic E-state index is 11.8. The molecule has 0 spiro atoms. The molecule has 8 nitrogen and oxygen atoms in total. The molecule has 1 heterocycles. The number of hydrogen-bond donors (Lipinski definition) is 1. The fourth-order valence-electron chi connectivity index (χ4n) is 1.94. The molecule has 1 aliphatic rings. The summed E-state index contributed by atoms with van der Waals surface area (Å²) >= 11 is 3.21. The third kappa shape index (κ3) is 3.67. The van der Waals surface area contributed by atoms with Crippen molar-refractivity contribution in [1.29, 1.82) is 0 Å². The molecule has 23 heavy (non-hydrogen) atoms. The molecule has 0 amide bonds. The second-order valence-corrected chi connectivity index (χ2v) is 6.11. The van der Waals surface area contributed by atoms with E-state index in [9.17, 15) is 19.7 Å². The number of nitro benzene ring substituents is 1. The van der Waals surface area contributed by atoms with Gasteiger partial charge in [-0.2, -0.15) is 0 Å². The van der Waals surface area contributed by atoms with Crippen molar-refractivity contribution in [3.05, 3.63) is 44.1 Å². The Labute approximate surface area is 139 Å². The number of carbonyl (C=O) groups is 2. The number of halogens is 1. The van der Waals surface area contributed by atoms with E-state index < -0.39 is 22.6 Å². The van der Waals surface area contributed by atoms with Crippen molar-refractivity contribution in [1.82, 2.24) is 0 Å². The van der Waals surface area contributed by atoms with Gasteiger partial charge in [0, 0.05) is 36.7 Å². The minimum atomic E-state index is -1.31. The van der Waals surface area contributed by atoms with E-state index in [0.29, 0.717) is 15.7 Å². The average Bonchev–Trinajstić information content (AvgIpc) is 2.38. The largest absolute Gasteiger partial charge is 0.419 e. The molecule has 0 aromatic heterocycles. The van der Waals surface area contributed by atoms with Crippen LogP contribution in [0.1, 0.15) is 19.4 Å². The summed E-state index contributed by atoms with van der Waals surface area (Å²) in [6.07, 6.45) is 1.15. The highest BCUT2D eigenvalue weighted by Crippen LogP contribution is 2.31. The number of non-ortho nitro benzene ring substituents is 1. The Bertz CT molecular complexity index is 696. The van der Waals surface area contributed by atoms with Crippen LogP contribution in [0, 0.1) is 17.0 Å². The topological polar surface area (TPSA) is 108 Å². The van der Waals surface area contributed by atoms with Gasteiger partial charge in [0.25, 0.3) is 11.5 Å². The second kappa shape index (κ2) is 5.99. The minimum Gasteiger partial charge on any atom is -0.419 e. The van der Waals surface area contributed by atoms with Gasteiger partial charge in [-0.1, -0.05) is 0 Å². The van der Waals surface area contributed by atoms with E-state index in [0.717, 1.165) is 6.20 Å². The van der Waals surface area contributed by atoms with Crippen molar-refractivity contribution in [2.45, 2.75) is 26.6 Å². The molecule has 0 saturated carbocycles. The van der Waals surface area contributed by atoms with Gasteiger partial charge in [-0.15, -0.1) is 0 Å². The molecule has 9 heteroatoms. The number of esters is 2. The lowest BCUT2D eigenvalue weighted by Gasteiger charge is -2.29. The summed E-state index contributed by atoms with van der Waals surface area (Å²) in [5, 5.41) is 13.6. The van der Waals surface area contributed by atoms with Crippen molar-refractivity contribution < 1.29 is 24.0 Å². The van der Waals surface area contributed by atoms with Crippen LogP contribution in [0.5, 0.6) is 0 Å². The summed E-state index contributed by atoms with van der Waals surface area (Å²) in [6.45, 7) is 4.55. The summed E-state index contributed by atoms with van der Waals surface area (Å²) in [6, 6.07) is 2.68. The van der Waals surface area contributed by atoms with Crippen LogP contribution in [0.3, 0.4) is 0 Å². The van der Waals surface area contributed by atoms with E-state index >= 15 is 0 Å². The summed E-state index contributed by atoms with van der Waals surface area (Å²) in [7, 11) is 0. The van der Waals surface area contributed by atoms with Gasteiger partial charge in [0.1, 0.15) is 0 Å². The highest BCUT2D eigenvalue weighted by molar-refractivity contribution is 9.10. The maximum absolute atomic E-state index is 11.8. The van der Waals surface area contributed by atoms with Crippen LogP contribution in [0.2, 0.25) is 0 Å². The fourth-order valence-corrected chi connectivity index (χ4v) is 2.60. The Hall–Kier alpha value is -2.42. The van der Waals surface area contributed by atoms with Crippen LogP contribution in [0.25, 0.3) is 0 Å². The number of nitro groups is 1. The zero-order chi connectivity index (χ0) is 17.4. The van der Waals surface area contributed by atoms with Crippen molar-refractivity contribution in [3.8, 4) is 0 Å². The molecule has 1 aromatic rings. The third-order valence-corrected chi connectivity index (χ3v) is 3.59. The molecule has 1 fully saturated rings. The molecule has 1 N–H and O–H groups in total. The van der Waals surface area contributed by atoms with E-state index in [1.165, 1.54) is 26.0 Å². The number of cyclic esters (lactones) is 2. The number of nitrogens with zero attached hydrogens (tertiary/aromatic N) is 1. The van der Waals surface area contributed by atoms with Crippen molar-refractivity contribution in [3.63, 3.8) is 0 Å². The van der Waals surface area contributed by atoms with E-state index in [-0.39, 0.29) is 11.3 Å². The molecular formula is C14H13BrN2O6. The Balaban J connectivity index is 2.28. The normalized spacial score (nSPS) is 16.4.